The number of nitrogens with two attached hydrogens (primary N) is 1. The van der Waals surface area contributed by atoms with Crippen molar-refractivity contribution >= 4 is 23.6 Å². The zero-order chi connectivity index (χ0) is 12.7. The Labute approximate surface area is 105 Å². The maximum Gasteiger partial charge on any atom is 0.320 e. The number of hydrogen-bond acceptors (Lipinski definition) is 5. The third-order valence-corrected chi connectivity index (χ3v) is 3.67. The Balaban J connectivity index is 2.00. The number of amides is 1. The molecule has 1 aliphatic rings. The first-order chi connectivity index (χ1) is 8.11. The zero-order valence-corrected chi connectivity index (χ0v) is 10.5. The van der Waals surface area contributed by atoms with Crippen LogP contribution < -0.4 is 16.4 Å². The van der Waals surface area contributed by atoms with Gasteiger partial charge in [-0.3, -0.25) is 14.9 Å². The predicted octanol–water partition coefficient (Wildman–Crippen LogP) is -0.653. The minimum atomic E-state index is -0.972. The van der Waals surface area contributed by atoms with Crippen molar-refractivity contribution in [1.82, 2.24) is 10.6 Å². The topological polar surface area (TPSA) is 104 Å². The molecule has 0 radical (unpaired) electrons. The number of hydrogen-bond donors (Lipinski definition) is 4. The summed E-state index contributed by atoms with van der Waals surface area (Å²) in [6.07, 6.45) is 1.91. The van der Waals surface area contributed by atoms with Gasteiger partial charge in [0.2, 0.25) is 5.91 Å². The third kappa shape index (κ3) is 5.38. The van der Waals surface area contributed by atoms with E-state index in [1.807, 2.05) is 0 Å². The SMILES string of the molecule is N[C@@H](CCCCNC(=O)C1NCCS1)C(=O)O. The number of carbonyl (C=O) groups excluding carboxylic acids is 1. The van der Waals surface area contributed by atoms with Crippen molar-refractivity contribution in [2.75, 3.05) is 18.8 Å². The quantitative estimate of drug-likeness (QED) is 0.454. The summed E-state index contributed by atoms with van der Waals surface area (Å²) < 4.78 is 0. The average Bonchev–Trinajstić information content (AvgIpc) is 2.81. The lowest BCUT2D eigenvalue weighted by molar-refractivity contribution is -0.138. The summed E-state index contributed by atoms with van der Waals surface area (Å²) in [7, 11) is 0. The lowest BCUT2D eigenvalue weighted by atomic mass is 10.1. The van der Waals surface area contributed by atoms with Crippen LogP contribution in [-0.4, -0.2) is 47.2 Å². The molecule has 7 heteroatoms. The van der Waals surface area contributed by atoms with Crippen LogP contribution in [0.3, 0.4) is 0 Å². The number of carboxylic acid groups (broad SMARTS) is 1. The third-order valence-electron chi connectivity index (χ3n) is 2.51. The van der Waals surface area contributed by atoms with Gasteiger partial charge in [-0.25, -0.2) is 0 Å². The number of carboxylic acids is 1. The maximum absolute atomic E-state index is 11.5. The molecule has 0 aliphatic carbocycles. The average molecular weight is 261 g/mol. The van der Waals surface area contributed by atoms with Crippen molar-refractivity contribution in [2.24, 2.45) is 5.73 Å². The minimum absolute atomic E-state index is 0.00929. The highest BCUT2D eigenvalue weighted by molar-refractivity contribution is 8.00. The van der Waals surface area contributed by atoms with E-state index in [4.69, 9.17) is 10.8 Å². The standard InChI is InChI=1S/C10H19N3O3S/c11-7(10(15)16)3-1-2-4-12-8(14)9-13-5-6-17-9/h7,9,13H,1-6,11H2,(H,12,14)(H,15,16)/t7-,9?/m0/s1. The van der Waals surface area contributed by atoms with E-state index in [1.165, 1.54) is 0 Å². The summed E-state index contributed by atoms with van der Waals surface area (Å²) >= 11 is 1.60. The van der Waals surface area contributed by atoms with Crippen molar-refractivity contribution in [1.29, 1.82) is 0 Å². The summed E-state index contributed by atoms with van der Waals surface area (Å²) in [5, 5.41) is 14.3. The van der Waals surface area contributed by atoms with Gasteiger partial charge in [-0.1, -0.05) is 0 Å². The van der Waals surface area contributed by atoms with Crippen molar-refractivity contribution < 1.29 is 14.7 Å². The highest BCUT2D eigenvalue weighted by atomic mass is 32.2. The Morgan fingerprint density at radius 1 is 1.53 bits per heavy atom. The molecule has 1 heterocycles. The monoisotopic (exact) mass is 261 g/mol. The molecule has 0 saturated carbocycles. The molecule has 6 nitrogen and oxygen atoms in total. The van der Waals surface area contributed by atoms with Crippen LogP contribution in [0.4, 0.5) is 0 Å². The molecule has 0 aromatic heterocycles. The number of thioether (sulfide) groups is 1. The number of unbranched alkanes of at least 4 members (excludes halogenated alkanes) is 1. The lowest BCUT2D eigenvalue weighted by Gasteiger charge is -2.10. The molecule has 17 heavy (non-hydrogen) atoms. The van der Waals surface area contributed by atoms with E-state index in [0.717, 1.165) is 18.7 Å². The van der Waals surface area contributed by atoms with E-state index in [0.29, 0.717) is 19.4 Å². The van der Waals surface area contributed by atoms with Crippen molar-refractivity contribution in [3.8, 4) is 0 Å². The Bertz CT molecular complexity index is 270. The predicted molar refractivity (Wildman–Crippen MR) is 66.7 cm³/mol. The van der Waals surface area contributed by atoms with Crippen LogP contribution in [0, 0.1) is 0 Å². The molecule has 0 spiro atoms. The van der Waals surface area contributed by atoms with Crippen molar-refractivity contribution in [3.63, 3.8) is 0 Å². The van der Waals surface area contributed by atoms with Crippen LogP contribution in [-0.2, 0) is 9.59 Å². The smallest absolute Gasteiger partial charge is 0.320 e. The summed E-state index contributed by atoms with van der Waals surface area (Å²) in [6.45, 7) is 1.44. The second-order valence-corrected chi connectivity index (χ2v) is 5.15. The molecular formula is C10H19N3O3S. The zero-order valence-electron chi connectivity index (χ0n) is 9.65. The van der Waals surface area contributed by atoms with Gasteiger partial charge in [0.1, 0.15) is 11.4 Å². The number of carbonyl (C=O) groups is 2. The van der Waals surface area contributed by atoms with E-state index < -0.39 is 12.0 Å². The van der Waals surface area contributed by atoms with Gasteiger partial charge in [0.25, 0.3) is 0 Å². The molecule has 2 atom stereocenters. The number of aliphatic carboxylic acids is 1. The van der Waals surface area contributed by atoms with Crippen LogP contribution in [0.1, 0.15) is 19.3 Å². The maximum atomic E-state index is 11.5. The first kappa shape index (κ1) is 14.3. The summed E-state index contributed by atoms with van der Waals surface area (Å²) in [5.74, 6) is 0.00146. The van der Waals surface area contributed by atoms with E-state index in [9.17, 15) is 9.59 Å². The number of rotatable bonds is 7. The van der Waals surface area contributed by atoms with Gasteiger partial charge in [-0.2, -0.15) is 0 Å². The number of nitrogens with one attached hydrogen (secondary N) is 2. The van der Waals surface area contributed by atoms with Gasteiger partial charge in [-0.05, 0) is 19.3 Å². The minimum Gasteiger partial charge on any atom is -0.480 e. The van der Waals surface area contributed by atoms with Gasteiger partial charge in [-0.15, -0.1) is 11.8 Å². The molecule has 1 aliphatic heterocycles. The lowest BCUT2D eigenvalue weighted by Crippen LogP contribution is -2.39. The molecule has 0 aromatic rings. The second kappa shape index (κ2) is 7.52. The van der Waals surface area contributed by atoms with Crippen LogP contribution in [0.5, 0.6) is 0 Å². The molecular weight excluding hydrogens is 242 g/mol. The normalized spacial score (nSPS) is 21.1. The molecule has 0 bridgehead atoms. The molecule has 1 saturated heterocycles. The largest absolute Gasteiger partial charge is 0.480 e. The first-order valence-electron chi connectivity index (χ1n) is 5.72. The van der Waals surface area contributed by atoms with E-state index in [1.54, 1.807) is 11.8 Å². The van der Waals surface area contributed by atoms with E-state index in [2.05, 4.69) is 10.6 Å². The van der Waals surface area contributed by atoms with Crippen LogP contribution in [0.15, 0.2) is 0 Å². The van der Waals surface area contributed by atoms with Crippen LogP contribution >= 0.6 is 11.8 Å². The van der Waals surface area contributed by atoms with Crippen LogP contribution in [0.2, 0.25) is 0 Å². The van der Waals surface area contributed by atoms with Gasteiger partial charge >= 0.3 is 5.97 Å². The molecule has 98 valence electrons. The van der Waals surface area contributed by atoms with Gasteiger partial charge in [0.15, 0.2) is 0 Å². The summed E-state index contributed by atoms with van der Waals surface area (Å²) in [5.41, 5.74) is 5.36. The van der Waals surface area contributed by atoms with E-state index in [-0.39, 0.29) is 11.3 Å². The molecule has 5 N–H and O–H groups in total. The highest BCUT2D eigenvalue weighted by Crippen LogP contribution is 2.13. The fourth-order valence-electron chi connectivity index (χ4n) is 1.51. The fraction of sp³-hybridized carbons (Fsp3) is 0.800. The first-order valence-corrected chi connectivity index (χ1v) is 6.77. The van der Waals surface area contributed by atoms with Crippen molar-refractivity contribution in [2.45, 2.75) is 30.7 Å². The Hall–Kier alpha value is -0.790. The Morgan fingerprint density at radius 3 is 2.88 bits per heavy atom. The molecule has 1 rings (SSSR count). The Morgan fingerprint density at radius 2 is 2.29 bits per heavy atom. The summed E-state index contributed by atoms with van der Waals surface area (Å²) in [6, 6.07) is -0.794. The summed E-state index contributed by atoms with van der Waals surface area (Å²) in [4.78, 5) is 22.0. The Kier molecular flexibility index (Phi) is 6.31. The highest BCUT2D eigenvalue weighted by Gasteiger charge is 2.21. The fourth-order valence-corrected chi connectivity index (χ4v) is 2.45. The van der Waals surface area contributed by atoms with Gasteiger partial charge in [0, 0.05) is 18.8 Å². The second-order valence-electron chi connectivity index (χ2n) is 3.94. The molecule has 1 fully saturated rings. The van der Waals surface area contributed by atoms with Gasteiger partial charge in [0.05, 0.1) is 0 Å². The molecule has 1 unspecified atom stereocenters. The van der Waals surface area contributed by atoms with Crippen LogP contribution in [0.25, 0.3) is 0 Å². The van der Waals surface area contributed by atoms with Gasteiger partial charge < -0.3 is 16.2 Å². The van der Waals surface area contributed by atoms with Crippen molar-refractivity contribution in [3.05, 3.63) is 0 Å². The van der Waals surface area contributed by atoms with E-state index >= 15 is 0 Å². The molecule has 0 aromatic carbocycles. The molecule has 1 amide bonds.